The zero-order chi connectivity index (χ0) is 12.0. The van der Waals surface area contributed by atoms with E-state index >= 15 is 0 Å². The Labute approximate surface area is 99.4 Å². The van der Waals surface area contributed by atoms with Crippen molar-refractivity contribution in [2.24, 2.45) is 11.3 Å². The quantitative estimate of drug-likeness (QED) is 0.716. The highest BCUT2D eigenvalue weighted by atomic mass is 16.3. The summed E-state index contributed by atoms with van der Waals surface area (Å²) in [5.41, 5.74) is 1.61. The maximum Gasteiger partial charge on any atom is 0.0934 e. The van der Waals surface area contributed by atoms with Gasteiger partial charge in [-0.05, 0) is 42.3 Å². The minimum atomic E-state index is 0.305. The topological polar surface area (TPSA) is 25.2 Å². The zero-order valence-electron chi connectivity index (χ0n) is 11.0. The van der Waals surface area contributed by atoms with Gasteiger partial charge in [-0.25, -0.2) is 0 Å². The SMILES string of the molecule is CCCNCC(C)(Cc1ccoc1)C(C)C. The third-order valence-electron chi connectivity index (χ3n) is 3.54. The molecule has 0 aromatic carbocycles. The first-order chi connectivity index (χ1) is 7.58. The van der Waals surface area contributed by atoms with Gasteiger partial charge in [0.15, 0.2) is 0 Å². The van der Waals surface area contributed by atoms with E-state index in [1.54, 1.807) is 6.26 Å². The minimum Gasteiger partial charge on any atom is -0.472 e. The van der Waals surface area contributed by atoms with Crippen LogP contribution >= 0.6 is 0 Å². The van der Waals surface area contributed by atoms with Crippen LogP contribution in [0.2, 0.25) is 0 Å². The van der Waals surface area contributed by atoms with Gasteiger partial charge in [-0.1, -0.05) is 27.7 Å². The second-order valence-corrected chi connectivity index (χ2v) is 5.29. The summed E-state index contributed by atoms with van der Waals surface area (Å²) in [6, 6.07) is 2.07. The Kier molecular flexibility index (Phi) is 5.07. The summed E-state index contributed by atoms with van der Waals surface area (Å²) in [4.78, 5) is 0. The lowest BCUT2D eigenvalue weighted by Gasteiger charge is -2.34. The third kappa shape index (κ3) is 3.67. The van der Waals surface area contributed by atoms with Crippen LogP contribution in [-0.4, -0.2) is 13.1 Å². The van der Waals surface area contributed by atoms with Gasteiger partial charge in [-0.15, -0.1) is 0 Å². The molecule has 1 aromatic rings. The molecule has 0 saturated heterocycles. The molecule has 0 fully saturated rings. The van der Waals surface area contributed by atoms with Gasteiger partial charge in [0.25, 0.3) is 0 Å². The molecule has 0 radical (unpaired) electrons. The lowest BCUT2D eigenvalue weighted by molar-refractivity contribution is 0.207. The van der Waals surface area contributed by atoms with Crippen LogP contribution in [0.25, 0.3) is 0 Å². The van der Waals surface area contributed by atoms with Crippen molar-refractivity contribution in [3.05, 3.63) is 24.2 Å². The molecule has 0 amide bonds. The molecule has 1 atom stereocenters. The van der Waals surface area contributed by atoms with Crippen LogP contribution in [-0.2, 0) is 6.42 Å². The van der Waals surface area contributed by atoms with E-state index in [9.17, 15) is 0 Å². The highest BCUT2D eigenvalue weighted by molar-refractivity contribution is 5.09. The smallest absolute Gasteiger partial charge is 0.0934 e. The fraction of sp³-hybridized carbons (Fsp3) is 0.714. The Morgan fingerprint density at radius 3 is 2.69 bits per heavy atom. The first-order valence-electron chi connectivity index (χ1n) is 6.30. The van der Waals surface area contributed by atoms with E-state index < -0.39 is 0 Å². The molecule has 1 aromatic heterocycles. The molecule has 1 heterocycles. The highest BCUT2D eigenvalue weighted by Gasteiger charge is 2.28. The monoisotopic (exact) mass is 223 g/mol. The van der Waals surface area contributed by atoms with Crippen LogP contribution in [0.1, 0.15) is 39.7 Å². The van der Waals surface area contributed by atoms with Crippen LogP contribution in [0, 0.1) is 11.3 Å². The molecule has 1 N–H and O–H groups in total. The molecule has 2 nitrogen and oxygen atoms in total. The van der Waals surface area contributed by atoms with Crippen LogP contribution in [0.4, 0.5) is 0 Å². The second-order valence-electron chi connectivity index (χ2n) is 5.29. The predicted octanol–water partition coefficient (Wildman–Crippen LogP) is 3.48. The van der Waals surface area contributed by atoms with Gasteiger partial charge in [0.05, 0.1) is 12.5 Å². The normalized spacial score (nSPS) is 15.3. The first kappa shape index (κ1) is 13.3. The summed E-state index contributed by atoms with van der Waals surface area (Å²) in [5, 5.41) is 3.54. The summed E-state index contributed by atoms with van der Waals surface area (Å²) in [6.45, 7) is 11.3. The number of hydrogen-bond donors (Lipinski definition) is 1. The van der Waals surface area contributed by atoms with Crippen molar-refractivity contribution in [1.29, 1.82) is 0 Å². The summed E-state index contributed by atoms with van der Waals surface area (Å²) >= 11 is 0. The van der Waals surface area contributed by atoms with Crippen LogP contribution in [0.15, 0.2) is 23.0 Å². The number of nitrogens with one attached hydrogen (secondary N) is 1. The van der Waals surface area contributed by atoms with Gasteiger partial charge in [0.2, 0.25) is 0 Å². The summed E-state index contributed by atoms with van der Waals surface area (Å²) < 4.78 is 5.15. The van der Waals surface area contributed by atoms with Crippen LogP contribution < -0.4 is 5.32 Å². The van der Waals surface area contributed by atoms with E-state index in [2.05, 4.69) is 39.1 Å². The molecular weight excluding hydrogens is 198 g/mol. The summed E-state index contributed by atoms with van der Waals surface area (Å²) in [6.07, 6.45) is 5.90. The molecule has 92 valence electrons. The molecule has 1 rings (SSSR count). The highest BCUT2D eigenvalue weighted by Crippen LogP contribution is 2.30. The lowest BCUT2D eigenvalue weighted by Crippen LogP contribution is -2.38. The molecule has 16 heavy (non-hydrogen) atoms. The number of rotatable bonds is 7. The first-order valence-corrected chi connectivity index (χ1v) is 6.30. The van der Waals surface area contributed by atoms with E-state index in [0.29, 0.717) is 11.3 Å². The largest absolute Gasteiger partial charge is 0.472 e. The van der Waals surface area contributed by atoms with Crippen molar-refractivity contribution in [2.75, 3.05) is 13.1 Å². The van der Waals surface area contributed by atoms with E-state index in [0.717, 1.165) is 19.5 Å². The van der Waals surface area contributed by atoms with Gasteiger partial charge in [-0.3, -0.25) is 0 Å². The van der Waals surface area contributed by atoms with E-state index in [-0.39, 0.29) is 0 Å². The van der Waals surface area contributed by atoms with Gasteiger partial charge in [0, 0.05) is 6.54 Å². The fourth-order valence-electron chi connectivity index (χ4n) is 1.88. The van der Waals surface area contributed by atoms with E-state index in [4.69, 9.17) is 4.42 Å². The van der Waals surface area contributed by atoms with Gasteiger partial charge < -0.3 is 9.73 Å². The summed E-state index contributed by atoms with van der Waals surface area (Å²) in [5.74, 6) is 0.659. The molecule has 0 aliphatic rings. The fourth-order valence-corrected chi connectivity index (χ4v) is 1.88. The Morgan fingerprint density at radius 1 is 1.44 bits per heavy atom. The van der Waals surface area contributed by atoms with Crippen molar-refractivity contribution in [3.63, 3.8) is 0 Å². The van der Waals surface area contributed by atoms with Gasteiger partial charge >= 0.3 is 0 Å². The van der Waals surface area contributed by atoms with Gasteiger partial charge in [0.1, 0.15) is 0 Å². The standard InChI is InChI=1S/C14H25NO/c1-5-7-15-11-14(4,12(2)3)9-13-6-8-16-10-13/h6,8,10,12,15H,5,7,9,11H2,1-4H3. The lowest BCUT2D eigenvalue weighted by atomic mass is 9.74. The predicted molar refractivity (Wildman–Crippen MR) is 68.5 cm³/mol. The van der Waals surface area contributed by atoms with Crippen molar-refractivity contribution >= 4 is 0 Å². The maximum atomic E-state index is 5.15. The molecule has 0 saturated carbocycles. The number of furan rings is 1. The maximum absolute atomic E-state index is 5.15. The molecule has 0 bridgehead atoms. The molecule has 1 unspecified atom stereocenters. The Balaban J connectivity index is 2.57. The van der Waals surface area contributed by atoms with Crippen LogP contribution in [0.5, 0.6) is 0 Å². The van der Waals surface area contributed by atoms with Gasteiger partial charge in [-0.2, -0.15) is 0 Å². The Bertz CT molecular complexity index is 279. The minimum absolute atomic E-state index is 0.305. The second kappa shape index (κ2) is 6.09. The Hall–Kier alpha value is -0.760. The molecule has 0 aliphatic heterocycles. The molecule has 0 spiro atoms. The van der Waals surface area contributed by atoms with Crippen molar-refractivity contribution in [1.82, 2.24) is 5.32 Å². The average Bonchev–Trinajstić information content (AvgIpc) is 2.70. The Morgan fingerprint density at radius 2 is 2.19 bits per heavy atom. The van der Waals surface area contributed by atoms with E-state index in [1.807, 2.05) is 6.26 Å². The van der Waals surface area contributed by atoms with Crippen molar-refractivity contribution in [2.45, 2.75) is 40.5 Å². The van der Waals surface area contributed by atoms with Crippen molar-refractivity contribution in [3.8, 4) is 0 Å². The molecule has 0 aliphatic carbocycles. The zero-order valence-corrected chi connectivity index (χ0v) is 11.0. The third-order valence-corrected chi connectivity index (χ3v) is 3.54. The molecular formula is C14H25NO. The average molecular weight is 223 g/mol. The van der Waals surface area contributed by atoms with E-state index in [1.165, 1.54) is 12.0 Å². The van der Waals surface area contributed by atoms with Crippen molar-refractivity contribution < 1.29 is 4.42 Å². The summed E-state index contributed by atoms with van der Waals surface area (Å²) in [7, 11) is 0. The van der Waals surface area contributed by atoms with Crippen LogP contribution in [0.3, 0.4) is 0 Å². The number of hydrogen-bond acceptors (Lipinski definition) is 2. The molecule has 2 heteroatoms.